The van der Waals surface area contributed by atoms with Crippen LogP contribution in [0.1, 0.15) is 17.0 Å². The van der Waals surface area contributed by atoms with E-state index < -0.39 is 10.0 Å². The van der Waals surface area contributed by atoms with Gasteiger partial charge in [-0.05, 0) is 24.6 Å². The molecule has 3 aromatic rings. The van der Waals surface area contributed by atoms with Crippen molar-refractivity contribution >= 4 is 15.7 Å². The molecule has 0 amide bonds. The van der Waals surface area contributed by atoms with Gasteiger partial charge in [-0.25, -0.2) is 13.4 Å². The summed E-state index contributed by atoms with van der Waals surface area (Å²) in [7, 11) is -3.34. The molecule has 3 heterocycles. The second-order valence-electron chi connectivity index (χ2n) is 7.36. The van der Waals surface area contributed by atoms with Crippen LogP contribution in [0.3, 0.4) is 0 Å². The first-order chi connectivity index (χ1) is 13.9. The predicted molar refractivity (Wildman–Crippen MR) is 112 cm³/mol. The average molecular weight is 413 g/mol. The third-order valence-corrected chi connectivity index (χ3v) is 7.09. The van der Waals surface area contributed by atoms with Crippen molar-refractivity contribution in [1.29, 1.82) is 0 Å². The van der Waals surface area contributed by atoms with E-state index in [2.05, 4.69) is 9.88 Å². The van der Waals surface area contributed by atoms with Gasteiger partial charge >= 0.3 is 0 Å². The van der Waals surface area contributed by atoms with Gasteiger partial charge in [-0.3, -0.25) is 14.1 Å². The summed E-state index contributed by atoms with van der Waals surface area (Å²) in [6.07, 6.45) is 0. The van der Waals surface area contributed by atoms with Gasteiger partial charge in [0.1, 0.15) is 5.65 Å². The van der Waals surface area contributed by atoms with Crippen LogP contribution in [0.15, 0.2) is 59.4 Å². The van der Waals surface area contributed by atoms with Crippen LogP contribution in [0, 0.1) is 6.92 Å². The zero-order chi connectivity index (χ0) is 20.4. The lowest BCUT2D eigenvalue weighted by Crippen LogP contribution is -2.48. The number of benzene rings is 1. The minimum absolute atomic E-state index is 0.0240. The zero-order valence-electron chi connectivity index (χ0n) is 16.4. The van der Waals surface area contributed by atoms with Crippen molar-refractivity contribution < 1.29 is 8.42 Å². The van der Waals surface area contributed by atoms with E-state index in [1.54, 1.807) is 14.8 Å². The highest BCUT2D eigenvalue weighted by Gasteiger charge is 2.27. The maximum absolute atomic E-state index is 12.7. The SMILES string of the molecule is Cc1cccc2nc(CN3CCN(S(=O)(=O)Cc4ccccc4)CC3)cc(=O)n12. The van der Waals surface area contributed by atoms with Crippen molar-refractivity contribution in [2.45, 2.75) is 19.2 Å². The lowest BCUT2D eigenvalue weighted by atomic mass is 10.2. The van der Waals surface area contributed by atoms with Gasteiger partial charge in [0.15, 0.2) is 0 Å². The van der Waals surface area contributed by atoms with Gasteiger partial charge in [-0.2, -0.15) is 4.31 Å². The van der Waals surface area contributed by atoms with Crippen LogP contribution in [-0.4, -0.2) is 53.2 Å². The summed E-state index contributed by atoms with van der Waals surface area (Å²) in [4.78, 5) is 19.2. The van der Waals surface area contributed by atoms with Crippen molar-refractivity contribution in [3.63, 3.8) is 0 Å². The Hall–Kier alpha value is -2.55. The van der Waals surface area contributed by atoms with Gasteiger partial charge in [-0.1, -0.05) is 36.4 Å². The number of fused-ring (bicyclic) bond motifs is 1. The van der Waals surface area contributed by atoms with Crippen LogP contribution in [-0.2, 0) is 22.3 Å². The molecule has 1 aliphatic rings. The van der Waals surface area contributed by atoms with E-state index in [1.165, 1.54) is 0 Å². The van der Waals surface area contributed by atoms with E-state index in [0.717, 1.165) is 11.3 Å². The topological polar surface area (TPSA) is 75.0 Å². The van der Waals surface area contributed by atoms with Crippen molar-refractivity contribution in [2.24, 2.45) is 0 Å². The number of pyridine rings is 1. The van der Waals surface area contributed by atoms with Gasteiger partial charge in [0.2, 0.25) is 10.0 Å². The Labute approximate surface area is 170 Å². The number of rotatable bonds is 5. The molecule has 7 nitrogen and oxygen atoms in total. The molecule has 0 radical (unpaired) electrons. The first-order valence-electron chi connectivity index (χ1n) is 9.65. The molecule has 0 aliphatic carbocycles. The van der Waals surface area contributed by atoms with E-state index in [4.69, 9.17) is 0 Å². The maximum atomic E-state index is 12.7. The summed E-state index contributed by atoms with van der Waals surface area (Å²) in [5.74, 6) is 0.0240. The number of nitrogens with zero attached hydrogens (tertiary/aromatic N) is 4. The van der Waals surface area contributed by atoms with Gasteiger partial charge < -0.3 is 0 Å². The fraction of sp³-hybridized carbons (Fsp3) is 0.333. The Morgan fingerprint density at radius 3 is 2.41 bits per heavy atom. The van der Waals surface area contributed by atoms with Crippen molar-refractivity contribution in [3.05, 3.63) is 81.9 Å². The molecule has 8 heteroatoms. The summed E-state index contributed by atoms with van der Waals surface area (Å²) in [5.41, 5.74) is 2.90. The summed E-state index contributed by atoms with van der Waals surface area (Å²) in [5, 5.41) is 0. The molecule has 0 bridgehead atoms. The minimum Gasteiger partial charge on any atom is -0.295 e. The Bertz CT molecular complexity index is 1170. The quantitative estimate of drug-likeness (QED) is 0.637. The monoisotopic (exact) mass is 412 g/mol. The van der Waals surface area contributed by atoms with Gasteiger partial charge in [0.25, 0.3) is 5.56 Å². The Balaban J connectivity index is 1.41. The third-order valence-electron chi connectivity index (χ3n) is 5.24. The molecule has 0 unspecified atom stereocenters. The van der Waals surface area contributed by atoms with E-state index in [9.17, 15) is 13.2 Å². The Kier molecular flexibility index (Phi) is 5.49. The van der Waals surface area contributed by atoms with Crippen LogP contribution < -0.4 is 5.56 Å². The van der Waals surface area contributed by atoms with Crippen molar-refractivity contribution in [2.75, 3.05) is 26.2 Å². The van der Waals surface area contributed by atoms with Crippen LogP contribution in [0.5, 0.6) is 0 Å². The second kappa shape index (κ2) is 8.06. The lowest BCUT2D eigenvalue weighted by molar-refractivity contribution is 0.180. The number of hydrogen-bond donors (Lipinski definition) is 0. The predicted octanol–water partition coefficient (Wildman–Crippen LogP) is 1.65. The highest BCUT2D eigenvalue weighted by Crippen LogP contribution is 2.15. The molecule has 0 atom stereocenters. The largest absolute Gasteiger partial charge is 0.295 e. The highest BCUT2D eigenvalue weighted by molar-refractivity contribution is 7.88. The molecule has 29 heavy (non-hydrogen) atoms. The highest BCUT2D eigenvalue weighted by atomic mass is 32.2. The first-order valence-corrected chi connectivity index (χ1v) is 11.3. The number of sulfonamides is 1. The molecule has 2 aromatic heterocycles. The molecule has 1 saturated heterocycles. The summed E-state index contributed by atoms with van der Waals surface area (Å²) >= 11 is 0. The molecule has 0 N–H and O–H groups in total. The van der Waals surface area contributed by atoms with Gasteiger partial charge in [-0.15, -0.1) is 0 Å². The molecule has 0 saturated carbocycles. The van der Waals surface area contributed by atoms with E-state index in [-0.39, 0.29) is 11.3 Å². The standard InChI is InChI=1S/C21H24N4O3S/c1-17-6-5-9-20-22-19(14-21(26)25(17)20)15-23-10-12-24(13-11-23)29(27,28)16-18-7-3-2-4-8-18/h2-9,14H,10-13,15-16H2,1H3. The molecule has 1 aromatic carbocycles. The van der Waals surface area contributed by atoms with Crippen LogP contribution in [0.2, 0.25) is 0 Å². The molecule has 4 rings (SSSR count). The summed E-state index contributed by atoms with van der Waals surface area (Å²) in [6, 6.07) is 16.4. The fourth-order valence-corrected chi connectivity index (χ4v) is 5.23. The minimum atomic E-state index is -3.34. The van der Waals surface area contributed by atoms with Crippen molar-refractivity contribution in [1.82, 2.24) is 18.6 Å². The Morgan fingerprint density at radius 2 is 1.69 bits per heavy atom. The molecule has 1 aliphatic heterocycles. The fourth-order valence-electron chi connectivity index (χ4n) is 3.72. The number of aryl methyl sites for hydroxylation is 1. The van der Waals surface area contributed by atoms with E-state index in [1.807, 2.05) is 55.5 Å². The Morgan fingerprint density at radius 1 is 0.966 bits per heavy atom. The average Bonchev–Trinajstić information content (AvgIpc) is 2.69. The van der Waals surface area contributed by atoms with Gasteiger partial charge in [0.05, 0.1) is 11.4 Å². The van der Waals surface area contributed by atoms with E-state index >= 15 is 0 Å². The smallest absolute Gasteiger partial charge is 0.258 e. The first kappa shape index (κ1) is 19.8. The van der Waals surface area contributed by atoms with Crippen LogP contribution >= 0.6 is 0 Å². The molecular weight excluding hydrogens is 388 g/mol. The molecule has 0 spiro atoms. The number of hydrogen-bond acceptors (Lipinski definition) is 5. The lowest BCUT2D eigenvalue weighted by Gasteiger charge is -2.33. The summed E-state index contributed by atoms with van der Waals surface area (Å²) in [6.45, 7) is 4.53. The molecule has 152 valence electrons. The zero-order valence-corrected chi connectivity index (χ0v) is 17.2. The molecular formula is C21H24N4O3S. The van der Waals surface area contributed by atoms with Crippen LogP contribution in [0.4, 0.5) is 0 Å². The second-order valence-corrected chi connectivity index (χ2v) is 9.33. The maximum Gasteiger partial charge on any atom is 0.258 e. The van der Waals surface area contributed by atoms with Crippen molar-refractivity contribution in [3.8, 4) is 0 Å². The van der Waals surface area contributed by atoms with E-state index in [0.29, 0.717) is 44.1 Å². The summed E-state index contributed by atoms with van der Waals surface area (Å²) < 4.78 is 28.5. The molecule has 1 fully saturated rings. The third kappa shape index (κ3) is 4.39. The van der Waals surface area contributed by atoms with Crippen LogP contribution in [0.25, 0.3) is 5.65 Å². The normalized spacial score (nSPS) is 16.3. The number of aromatic nitrogens is 2. The van der Waals surface area contributed by atoms with Gasteiger partial charge in [0, 0.05) is 44.5 Å². The number of piperazine rings is 1.